The summed E-state index contributed by atoms with van der Waals surface area (Å²) in [5.41, 5.74) is 0.947. The van der Waals surface area contributed by atoms with Gasteiger partial charge in [-0.25, -0.2) is 14.4 Å². The summed E-state index contributed by atoms with van der Waals surface area (Å²) in [6.07, 6.45) is 0. The zero-order valence-corrected chi connectivity index (χ0v) is 12.0. The van der Waals surface area contributed by atoms with Gasteiger partial charge in [0.15, 0.2) is 11.6 Å². The third-order valence-electron chi connectivity index (χ3n) is 2.62. The molecule has 0 radical (unpaired) electrons. The summed E-state index contributed by atoms with van der Waals surface area (Å²) in [6, 6.07) is 6.53. The van der Waals surface area contributed by atoms with Gasteiger partial charge in [0.25, 0.3) is 0 Å². The first-order valence-corrected chi connectivity index (χ1v) is 6.58. The molecule has 0 unspecified atom stereocenters. The van der Waals surface area contributed by atoms with E-state index in [1.54, 1.807) is 25.3 Å². The number of halogens is 2. The van der Waals surface area contributed by atoms with Crippen LogP contribution in [0.1, 0.15) is 12.6 Å². The van der Waals surface area contributed by atoms with E-state index in [-0.39, 0.29) is 16.4 Å². The lowest BCUT2D eigenvalue weighted by molar-refractivity contribution is 0.181. The van der Waals surface area contributed by atoms with E-state index < -0.39 is 5.82 Å². The normalized spacial score (nSPS) is 10.6. The molecule has 106 valence electrons. The Morgan fingerprint density at radius 1 is 1.35 bits per heavy atom. The molecule has 0 bridgehead atoms. The molecule has 0 aliphatic rings. The van der Waals surface area contributed by atoms with E-state index in [1.807, 2.05) is 6.92 Å². The Balaban J connectivity index is 2.51. The highest BCUT2D eigenvalue weighted by Crippen LogP contribution is 2.26. The first kappa shape index (κ1) is 14.7. The predicted octanol–water partition coefficient (Wildman–Crippen LogP) is 3.51. The molecule has 1 aromatic carbocycles. The Labute approximate surface area is 122 Å². The average molecular weight is 296 g/mol. The van der Waals surface area contributed by atoms with Crippen LogP contribution in [0.2, 0.25) is 5.02 Å². The Bertz CT molecular complexity index is 583. The minimum absolute atomic E-state index is 0.0493. The van der Waals surface area contributed by atoms with Crippen molar-refractivity contribution in [2.45, 2.75) is 13.5 Å². The quantitative estimate of drug-likeness (QED) is 0.917. The lowest BCUT2D eigenvalue weighted by Crippen LogP contribution is -2.05. The van der Waals surface area contributed by atoms with Gasteiger partial charge < -0.3 is 10.1 Å². The molecule has 2 aromatic rings. The van der Waals surface area contributed by atoms with E-state index in [0.29, 0.717) is 24.7 Å². The largest absolute Gasteiger partial charge is 0.378 e. The van der Waals surface area contributed by atoms with Crippen LogP contribution in [0.15, 0.2) is 24.3 Å². The van der Waals surface area contributed by atoms with Gasteiger partial charge in [0.05, 0.1) is 22.9 Å². The number of aromatic nitrogens is 2. The fraction of sp³-hybridized carbons (Fsp3) is 0.286. The number of ether oxygens (including phenoxy) is 1. The summed E-state index contributed by atoms with van der Waals surface area (Å²) < 4.78 is 19.1. The van der Waals surface area contributed by atoms with Crippen molar-refractivity contribution in [3.05, 3.63) is 40.8 Å². The lowest BCUT2D eigenvalue weighted by Gasteiger charge is -2.09. The summed E-state index contributed by atoms with van der Waals surface area (Å²) >= 11 is 5.79. The fourth-order valence-corrected chi connectivity index (χ4v) is 1.96. The number of hydrogen-bond donors (Lipinski definition) is 1. The summed E-state index contributed by atoms with van der Waals surface area (Å²) in [5.74, 6) is 0.394. The number of nitrogens with zero attached hydrogens (tertiary/aromatic N) is 2. The molecule has 0 aliphatic heterocycles. The standard InChI is InChI=1S/C14H15ClFN3O/c1-3-17-12-7-9(8-20-2)18-14(19-12)10-5-4-6-11(15)13(10)16/h4-7H,3,8H2,1-2H3,(H,17,18,19). The van der Waals surface area contributed by atoms with Gasteiger partial charge in [-0.05, 0) is 19.1 Å². The first-order chi connectivity index (χ1) is 9.65. The summed E-state index contributed by atoms with van der Waals surface area (Å²) in [7, 11) is 1.58. The fourth-order valence-electron chi connectivity index (χ4n) is 1.79. The monoisotopic (exact) mass is 295 g/mol. The maximum atomic E-state index is 14.1. The highest BCUT2D eigenvalue weighted by atomic mass is 35.5. The van der Waals surface area contributed by atoms with E-state index in [4.69, 9.17) is 16.3 Å². The van der Waals surface area contributed by atoms with Gasteiger partial charge in [0, 0.05) is 19.7 Å². The molecule has 1 heterocycles. The number of nitrogens with one attached hydrogen (secondary N) is 1. The molecule has 20 heavy (non-hydrogen) atoms. The zero-order valence-electron chi connectivity index (χ0n) is 11.3. The average Bonchev–Trinajstić information content (AvgIpc) is 2.42. The molecule has 2 rings (SSSR count). The van der Waals surface area contributed by atoms with E-state index >= 15 is 0 Å². The van der Waals surface area contributed by atoms with Gasteiger partial charge in [-0.3, -0.25) is 0 Å². The minimum atomic E-state index is -0.522. The topological polar surface area (TPSA) is 47.0 Å². The molecule has 6 heteroatoms. The number of benzene rings is 1. The summed E-state index contributed by atoms with van der Waals surface area (Å²) in [6.45, 7) is 2.99. The van der Waals surface area contributed by atoms with Crippen LogP contribution in [-0.2, 0) is 11.3 Å². The molecule has 0 fully saturated rings. The third-order valence-corrected chi connectivity index (χ3v) is 2.91. The molecule has 1 aromatic heterocycles. The van der Waals surface area contributed by atoms with Crippen molar-refractivity contribution in [1.29, 1.82) is 0 Å². The second kappa shape index (κ2) is 6.63. The number of rotatable bonds is 5. The van der Waals surface area contributed by atoms with Crippen molar-refractivity contribution in [2.24, 2.45) is 0 Å². The van der Waals surface area contributed by atoms with Crippen LogP contribution < -0.4 is 5.32 Å². The maximum Gasteiger partial charge on any atom is 0.164 e. The van der Waals surface area contributed by atoms with E-state index in [2.05, 4.69) is 15.3 Å². The zero-order chi connectivity index (χ0) is 14.5. The van der Waals surface area contributed by atoms with Crippen molar-refractivity contribution in [3.8, 4) is 11.4 Å². The molecular formula is C14H15ClFN3O. The number of anilines is 1. The van der Waals surface area contributed by atoms with Crippen LogP contribution in [0.3, 0.4) is 0 Å². The molecule has 1 N–H and O–H groups in total. The SMILES string of the molecule is CCNc1cc(COC)nc(-c2cccc(Cl)c2F)n1. The highest BCUT2D eigenvalue weighted by Gasteiger charge is 2.13. The van der Waals surface area contributed by atoms with Gasteiger partial charge >= 0.3 is 0 Å². The molecular weight excluding hydrogens is 281 g/mol. The number of methoxy groups -OCH3 is 1. The molecule has 0 aliphatic carbocycles. The Morgan fingerprint density at radius 2 is 2.15 bits per heavy atom. The maximum absolute atomic E-state index is 14.1. The van der Waals surface area contributed by atoms with Crippen LogP contribution in [0.4, 0.5) is 10.2 Å². The molecule has 0 spiro atoms. The van der Waals surface area contributed by atoms with Crippen LogP contribution in [0.25, 0.3) is 11.4 Å². The predicted molar refractivity (Wildman–Crippen MR) is 77.3 cm³/mol. The second-order valence-corrected chi connectivity index (χ2v) is 4.54. The molecule has 0 saturated carbocycles. The first-order valence-electron chi connectivity index (χ1n) is 6.20. The van der Waals surface area contributed by atoms with E-state index in [1.165, 1.54) is 6.07 Å². The van der Waals surface area contributed by atoms with Gasteiger partial charge in [-0.2, -0.15) is 0 Å². The molecule has 0 saturated heterocycles. The van der Waals surface area contributed by atoms with Crippen molar-refractivity contribution >= 4 is 17.4 Å². The third kappa shape index (κ3) is 3.23. The summed E-state index contributed by atoms with van der Waals surface area (Å²) in [5, 5.41) is 3.14. The molecule has 0 amide bonds. The van der Waals surface area contributed by atoms with Gasteiger partial charge in [0.2, 0.25) is 0 Å². The molecule has 4 nitrogen and oxygen atoms in total. The van der Waals surface area contributed by atoms with Crippen molar-refractivity contribution < 1.29 is 9.13 Å². The Kier molecular flexibility index (Phi) is 4.87. The van der Waals surface area contributed by atoms with Gasteiger partial charge in [0.1, 0.15) is 5.82 Å². The van der Waals surface area contributed by atoms with Gasteiger partial charge in [-0.15, -0.1) is 0 Å². The number of hydrogen-bond acceptors (Lipinski definition) is 4. The van der Waals surface area contributed by atoms with Crippen LogP contribution >= 0.6 is 11.6 Å². The van der Waals surface area contributed by atoms with Crippen molar-refractivity contribution in [1.82, 2.24) is 9.97 Å². The minimum Gasteiger partial charge on any atom is -0.378 e. The van der Waals surface area contributed by atoms with Gasteiger partial charge in [-0.1, -0.05) is 17.7 Å². The highest BCUT2D eigenvalue weighted by molar-refractivity contribution is 6.31. The summed E-state index contributed by atoms with van der Waals surface area (Å²) in [4.78, 5) is 8.60. The Hall–Kier alpha value is -1.72. The van der Waals surface area contributed by atoms with E-state index in [0.717, 1.165) is 0 Å². The smallest absolute Gasteiger partial charge is 0.164 e. The second-order valence-electron chi connectivity index (χ2n) is 4.13. The van der Waals surface area contributed by atoms with Crippen LogP contribution in [-0.4, -0.2) is 23.6 Å². The lowest BCUT2D eigenvalue weighted by atomic mass is 10.2. The Morgan fingerprint density at radius 3 is 2.85 bits per heavy atom. The van der Waals surface area contributed by atoms with Crippen molar-refractivity contribution in [3.63, 3.8) is 0 Å². The van der Waals surface area contributed by atoms with Crippen molar-refractivity contribution in [2.75, 3.05) is 19.0 Å². The van der Waals surface area contributed by atoms with E-state index in [9.17, 15) is 4.39 Å². The molecule has 0 atom stereocenters. The van der Waals surface area contributed by atoms with Crippen LogP contribution in [0, 0.1) is 5.82 Å². The van der Waals surface area contributed by atoms with Crippen LogP contribution in [0.5, 0.6) is 0 Å².